The summed E-state index contributed by atoms with van der Waals surface area (Å²) in [6.45, 7) is 6.30. The van der Waals surface area contributed by atoms with E-state index < -0.39 is 18.5 Å². The molecule has 0 radical (unpaired) electrons. The van der Waals surface area contributed by atoms with Crippen LogP contribution in [0.1, 0.15) is 69.7 Å². The molecule has 0 aliphatic carbocycles. The lowest BCUT2D eigenvalue weighted by Gasteiger charge is -2.19. The first-order chi connectivity index (χ1) is 11.5. The van der Waals surface area contributed by atoms with E-state index in [1.165, 1.54) is 49.9 Å². The first kappa shape index (κ1) is 20.5. The van der Waals surface area contributed by atoms with Gasteiger partial charge in [-0.25, -0.2) is 4.79 Å². The van der Waals surface area contributed by atoms with E-state index in [0.29, 0.717) is 12.2 Å². The van der Waals surface area contributed by atoms with E-state index in [4.69, 9.17) is 14.2 Å². The van der Waals surface area contributed by atoms with E-state index in [1.54, 1.807) is 13.8 Å². The molecule has 24 heavy (non-hydrogen) atoms. The first-order valence-corrected chi connectivity index (χ1v) is 8.80. The topological polar surface area (TPSA) is 65.0 Å². The van der Waals surface area contributed by atoms with E-state index >= 15 is 0 Å². The summed E-state index contributed by atoms with van der Waals surface area (Å²) in [5.41, 5.74) is 0.365. The Hall–Kier alpha value is -1.59. The number of carbonyl (C=O) groups is 1. The fraction of sp³-hybridized carbons (Fsp3) is 0.632. The highest BCUT2D eigenvalue weighted by molar-refractivity contribution is 5.89. The molecule has 2 unspecified atom stereocenters. The van der Waals surface area contributed by atoms with Crippen molar-refractivity contribution in [1.82, 2.24) is 0 Å². The number of phenols is 1. The van der Waals surface area contributed by atoms with Crippen LogP contribution in [0.25, 0.3) is 0 Å². The van der Waals surface area contributed by atoms with Crippen molar-refractivity contribution in [3.8, 4) is 5.75 Å². The number of benzene rings is 1. The Morgan fingerprint density at radius 2 is 1.62 bits per heavy atom. The molecule has 1 aromatic carbocycles. The van der Waals surface area contributed by atoms with Crippen molar-refractivity contribution >= 4 is 5.97 Å². The fourth-order valence-electron chi connectivity index (χ4n) is 2.28. The van der Waals surface area contributed by atoms with Gasteiger partial charge in [0.15, 0.2) is 6.29 Å². The van der Waals surface area contributed by atoms with Gasteiger partial charge in [0.2, 0.25) is 6.29 Å². The van der Waals surface area contributed by atoms with Crippen LogP contribution in [0.3, 0.4) is 0 Å². The molecular weight excluding hydrogens is 308 g/mol. The van der Waals surface area contributed by atoms with Crippen LogP contribution in [0.15, 0.2) is 24.3 Å². The summed E-state index contributed by atoms with van der Waals surface area (Å²) in [5.74, 6) is -0.391. The zero-order valence-electron chi connectivity index (χ0n) is 15.0. The number of carbonyl (C=O) groups excluding carboxylic acids is 1. The molecule has 0 fully saturated rings. The maximum Gasteiger partial charge on any atom is 0.340 e. The molecule has 0 saturated carbocycles. The number of hydrogen-bond acceptors (Lipinski definition) is 5. The number of aromatic hydroxyl groups is 1. The summed E-state index contributed by atoms with van der Waals surface area (Å²) >= 11 is 0. The smallest absolute Gasteiger partial charge is 0.340 e. The second-order valence-electron chi connectivity index (χ2n) is 5.86. The Morgan fingerprint density at radius 3 is 2.29 bits per heavy atom. The minimum absolute atomic E-state index is 0.104. The molecule has 5 nitrogen and oxygen atoms in total. The monoisotopic (exact) mass is 338 g/mol. The fourth-order valence-corrected chi connectivity index (χ4v) is 2.28. The van der Waals surface area contributed by atoms with E-state index in [0.717, 1.165) is 12.8 Å². The van der Waals surface area contributed by atoms with E-state index in [1.807, 2.05) is 0 Å². The molecule has 136 valence electrons. The molecule has 0 aliphatic heterocycles. The molecule has 0 saturated heterocycles. The Bertz CT molecular complexity index is 457. The van der Waals surface area contributed by atoms with Gasteiger partial charge in [-0.1, -0.05) is 39.0 Å². The molecule has 1 N–H and O–H groups in total. The zero-order valence-corrected chi connectivity index (χ0v) is 15.0. The number of ether oxygens (including phenoxy) is 3. The summed E-state index contributed by atoms with van der Waals surface area (Å²) in [7, 11) is 0. The van der Waals surface area contributed by atoms with Crippen molar-refractivity contribution < 1.29 is 24.1 Å². The minimum atomic E-state index is -0.703. The standard InChI is InChI=1S/C19H30O5/c1-4-5-6-7-8-9-14-22-15(2)23-16(3)24-19(21)17-10-12-18(20)13-11-17/h10-13,15-16,20H,4-9,14H2,1-3H3. The normalized spacial score (nSPS) is 13.5. The third-order valence-electron chi connectivity index (χ3n) is 3.61. The Balaban J connectivity index is 2.16. The number of phenolic OH excluding ortho intramolecular Hbond substituents is 1. The number of hydrogen-bond donors (Lipinski definition) is 1. The summed E-state index contributed by atoms with van der Waals surface area (Å²) in [6.07, 6.45) is 6.12. The maximum absolute atomic E-state index is 11.9. The van der Waals surface area contributed by atoms with Crippen LogP contribution in [0.5, 0.6) is 5.75 Å². The molecule has 1 aromatic rings. The quantitative estimate of drug-likeness (QED) is 0.342. The van der Waals surface area contributed by atoms with Crippen LogP contribution in [-0.4, -0.2) is 30.3 Å². The molecule has 5 heteroatoms. The molecule has 0 heterocycles. The predicted molar refractivity (Wildman–Crippen MR) is 92.9 cm³/mol. The van der Waals surface area contributed by atoms with Crippen LogP contribution in [0.2, 0.25) is 0 Å². The van der Waals surface area contributed by atoms with Gasteiger partial charge in [-0.3, -0.25) is 0 Å². The van der Waals surface area contributed by atoms with Crippen molar-refractivity contribution in [2.24, 2.45) is 0 Å². The number of rotatable bonds is 12. The summed E-state index contributed by atoms with van der Waals surface area (Å²) in [6, 6.07) is 5.88. The van der Waals surface area contributed by atoms with Crippen molar-refractivity contribution in [3.63, 3.8) is 0 Å². The van der Waals surface area contributed by atoms with Gasteiger partial charge >= 0.3 is 5.97 Å². The highest BCUT2D eigenvalue weighted by Gasteiger charge is 2.15. The maximum atomic E-state index is 11.9. The Morgan fingerprint density at radius 1 is 1.00 bits per heavy atom. The highest BCUT2D eigenvalue weighted by atomic mass is 16.8. The summed E-state index contributed by atoms with van der Waals surface area (Å²) in [5, 5.41) is 9.21. The third kappa shape index (κ3) is 8.89. The van der Waals surface area contributed by atoms with Crippen molar-refractivity contribution in [2.45, 2.75) is 71.9 Å². The van der Waals surface area contributed by atoms with Crippen LogP contribution in [0, 0.1) is 0 Å². The second-order valence-corrected chi connectivity index (χ2v) is 5.86. The van der Waals surface area contributed by atoms with Crippen molar-refractivity contribution in [3.05, 3.63) is 29.8 Å². The van der Waals surface area contributed by atoms with Gasteiger partial charge in [0.1, 0.15) is 5.75 Å². The van der Waals surface area contributed by atoms with E-state index in [9.17, 15) is 9.90 Å². The molecule has 2 atom stereocenters. The molecule has 0 bridgehead atoms. The molecule has 0 aliphatic rings. The van der Waals surface area contributed by atoms with E-state index in [-0.39, 0.29) is 5.75 Å². The van der Waals surface area contributed by atoms with Crippen molar-refractivity contribution in [2.75, 3.05) is 6.61 Å². The second kappa shape index (κ2) is 11.9. The third-order valence-corrected chi connectivity index (χ3v) is 3.61. The lowest BCUT2D eigenvalue weighted by atomic mass is 10.1. The summed E-state index contributed by atoms with van der Waals surface area (Å²) < 4.78 is 16.3. The molecule has 1 rings (SSSR count). The lowest BCUT2D eigenvalue weighted by molar-refractivity contribution is -0.213. The van der Waals surface area contributed by atoms with Crippen LogP contribution in [-0.2, 0) is 14.2 Å². The zero-order chi connectivity index (χ0) is 17.8. The first-order valence-electron chi connectivity index (χ1n) is 8.80. The number of esters is 1. The van der Waals surface area contributed by atoms with Gasteiger partial charge in [0, 0.05) is 6.61 Å². The van der Waals surface area contributed by atoms with Crippen LogP contribution < -0.4 is 0 Å². The van der Waals surface area contributed by atoms with Crippen LogP contribution >= 0.6 is 0 Å². The van der Waals surface area contributed by atoms with Gasteiger partial charge in [0.05, 0.1) is 5.56 Å². The largest absolute Gasteiger partial charge is 0.508 e. The highest BCUT2D eigenvalue weighted by Crippen LogP contribution is 2.12. The van der Waals surface area contributed by atoms with E-state index in [2.05, 4.69) is 6.92 Å². The van der Waals surface area contributed by atoms with Gasteiger partial charge in [-0.05, 0) is 44.5 Å². The Labute approximate surface area is 144 Å². The van der Waals surface area contributed by atoms with Crippen molar-refractivity contribution in [1.29, 1.82) is 0 Å². The van der Waals surface area contributed by atoms with Gasteiger partial charge < -0.3 is 19.3 Å². The van der Waals surface area contributed by atoms with Crippen LogP contribution in [0.4, 0.5) is 0 Å². The molecule has 0 amide bonds. The van der Waals surface area contributed by atoms with Gasteiger partial charge in [-0.15, -0.1) is 0 Å². The summed E-state index contributed by atoms with van der Waals surface area (Å²) in [4.78, 5) is 11.9. The Kier molecular flexibility index (Phi) is 10.1. The average molecular weight is 338 g/mol. The number of unbranched alkanes of at least 4 members (excludes halogenated alkanes) is 5. The average Bonchev–Trinajstić information content (AvgIpc) is 2.54. The molecule has 0 aromatic heterocycles. The van der Waals surface area contributed by atoms with Gasteiger partial charge in [-0.2, -0.15) is 0 Å². The molecular formula is C19H30O5. The SMILES string of the molecule is CCCCCCCCOC(C)OC(C)OC(=O)c1ccc(O)cc1. The predicted octanol–water partition coefficient (Wildman–Crippen LogP) is 4.63. The lowest BCUT2D eigenvalue weighted by Crippen LogP contribution is -2.25. The minimum Gasteiger partial charge on any atom is -0.508 e. The molecule has 0 spiro atoms. The van der Waals surface area contributed by atoms with Gasteiger partial charge in [0.25, 0.3) is 0 Å².